The maximum absolute atomic E-state index is 11.8. The van der Waals surface area contributed by atoms with Crippen molar-refractivity contribution in [3.63, 3.8) is 0 Å². The van der Waals surface area contributed by atoms with Crippen molar-refractivity contribution in [2.45, 2.75) is 20.5 Å². The van der Waals surface area contributed by atoms with E-state index in [-0.39, 0.29) is 6.61 Å². The third-order valence-electron chi connectivity index (χ3n) is 4.28. The first-order chi connectivity index (χ1) is 13.0. The third-order valence-corrected chi connectivity index (χ3v) is 4.28. The lowest BCUT2D eigenvalue weighted by atomic mass is 10.1. The Morgan fingerprint density at radius 1 is 1.15 bits per heavy atom. The normalized spacial score (nSPS) is 10.5. The Balaban J connectivity index is 1.80. The Morgan fingerprint density at radius 2 is 1.89 bits per heavy atom. The summed E-state index contributed by atoms with van der Waals surface area (Å²) in [7, 11) is 0. The fourth-order valence-corrected chi connectivity index (χ4v) is 2.76. The van der Waals surface area contributed by atoms with Crippen molar-refractivity contribution in [1.29, 1.82) is 0 Å². The number of hydrogen-bond donors (Lipinski definition) is 3. The van der Waals surface area contributed by atoms with Crippen LogP contribution in [0.5, 0.6) is 5.88 Å². The van der Waals surface area contributed by atoms with E-state index in [1.165, 1.54) is 0 Å². The molecule has 5 N–H and O–H groups in total. The summed E-state index contributed by atoms with van der Waals surface area (Å²) in [4.78, 5) is 11.8. The van der Waals surface area contributed by atoms with Gasteiger partial charge in [0.15, 0.2) is 0 Å². The number of carbonyl (C=O) groups is 1. The molecule has 0 aliphatic heterocycles. The van der Waals surface area contributed by atoms with Gasteiger partial charge in [-0.25, -0.2) is 26.2 Å². The average molecular weight is 366 g/mol. The molecule has 0 atom stereocenters. The minimum Gasteiger partial charge on any atom is -0.472 e. The number of hydrogen-bond acceptors (Lipinski definition) is 5. The molecule has 1 heterocycles. The van der Waals surface area contributed by atoms with E-state index >= 15 is 0 Å². The van der Waals surface area contributed by atoms with Crippen molar-refractivity contribution < 1.29 is 9.53 Å². The first-order valence-corrected chi connectivity index (χ1v) is 8.39. The van der Waals surface area contributed by atoms with Crippen LogP contribution in [0.3, 0.4) is 0 Å². The van der Waals surface area contributed by atoms with Crippen molar-refractivity contribution in [3.05, 3.63) is 71.4 Å². The van der Waals surface area contributed by atoms with Crippen LogP contribution in [-0.4, -0.2) is 15.8 Å². The van der Waals surface area contributed by atoms with Gasteiger partial charge in [-0.05, 0) is 37.1 Å². The number of benzene rings is 2. The zero-order chi connectivity index (χ0) is 19.4. The van der Waals surface area contributed by atoms with Gasteiger partial charge in [0.1, 0.15) is 6.61 Å². The highest BCUT2D eigenvalue weighted by Gasteiger charge is 2.16. The zero-order valence-electron chi connectivity index (χ0n) is 15.2. The van der Waals surface area contributed by atoms with Crippen molar-refractivity contribution in [1.82, 2.24) is 15.2 Å². The van der Waals surface area contributed by atoms with E-state index in [1.54, 1.807) is 16.8 Å². The number of hydrazine groups is 2. The highest BCUT2D eigenvalue weighted by atomic mass is 16.5. The summed E-state index contributed by atoms with van der Waals surface area (Å²) in [6.45, 7) is 4.15. The largest absolute Gasteiger partial charge is 0.472 e. The van der Waals surface area contributed by atoms with Crippen molar-refractivity contribution >= 4 is 11.7 Å². The Hall–Kier alpha value is -3.36. The first kappa shape index (κ1) is 18.4. The molecule has 0 aliphatic carbocycles. The summed E-state index contributed by atoms with van der Waals surface area (Å²) in [5.41, 5.74) is 6.33. The molecular formula is C19H22N6O2. The number of ether oxygens (including phenoxy) is 1. The van der Waals surface area contributed by atoms with Crippen LogP contribution in [0.1, 0.15) is 16.7 Å². The molecule has 2 aromatic carbocycles. The van der Waals surface area contributed by atoms with Gasteiger partial charge in [-0.1, -0.05) is 30.3 Å². The van der Waals surface area contributed by atoms with Gasteiger partial charge in [0, 0.05) is 17.8 Å². The SMILES string of the molecule is Cc1ccccc1-n1ccc(OCc2c(C)cccc2N(N)C(=O)NN)n1. The van der Waals surface area contributed by atoms with Gasteiger partial charge in [0.2, 0.25) is 5.88 Å². The van der Waals surface area contributed by atoms with Crippen LogP contribution in [0.4, 0.5) is 10.5 Å². The second-order valence-corrected chi connectivity index (χ2v) is 6.07. The van der Waals surface area contributed by atoms with E-state index in [1.807, 2.05) is 61.9 Å². The van der Waals surface area contributed by atoms with Gasteiger partial charge in [-0.3, -0.25) is 5.43 Å². The van der Waals surface area contributed by atoms with E-state index in [4.69, 9.17) is 16.4 Å². The van der Waals surface area contributed by atoms with E-state index in [0.717, 1.165) is 27.4 Å². The number of para-hydroxylation sites is 1. The predicted octanol–water partition coefficient (Wildman–Crippen LogP) is 2.33. The average Bonchev–Trinajstić information content (AvgIpc) is 3.14. The van der Waals surface area contributed by atoms with Crippen LogP contribution in [0.15, 0.2) is 54.7 Å². The lowest BCUT2D eigenvalue weighted by molar-refractivity contribution is 0.246. The zero-order valence-corrected chi connectivity index (χ0v) is 15.2. The molecule has 0 saturated heterocycles. The number of aromatic nitrogens is 2. The number of nitrogens with two attached hydrogens (primary N) is 2. The molecule has 1 aromatic heterocycles. The molecule has 0 aliphatic rings. The van der Waals surface area contributed by atoms with Crippen molar-refractivity contribution in [2.75, 3.05) is 5.01 Å². The number of carbonyl (C=O) groups excluding carboxylic acids is 1. The van der Waals surface area contributed by atoms with Crippen LogP contribution >= 0.6 is 0 Å². The molecule has 27 heavy (non-hydrogen) atoms. The number of nitrogens with one attached hydrogen (secondary N) is 1. The molecular weight excluding hydrogens is 344 g/mol. The second kappa shape index (κ2) is 7.90. The summed E-state index contributed by atoms with van der Waals surface area (Å²) < 4.78 is 7.61. The van der Waals surface area contributed by atoms with Gasteiger partial charge < -0.3 is 4.74 Å². The number of amides is 2. The standard InChI is InChI=1S/C19H22N6O2/c1-13-7-5-9-17(25(21)19(26)22-20)15(13)12-27-18-10-11-24(23-18)16-8-4-3-6-14(16)2/h3-11H,12,20-21H2,1-2H3,(H,22,26). The molecule has 8 heteroatoms. The predicted molar refractivity (Wildman–Crippen MR) is 103 cm³/mol. The maximum Gasteiger partial charge on any atom is 0.350 e. The Labute approximate surface area is 157 Å². The Bertz CT molecular complexity index is 953. The summed E-state index contributed by atoms with van der Waals surface area (Å²) in [5, 5.41) is 5.42. The second-order valence-electron chi connectivity index (χ2n) is 6.07. The van der Waals surface area contributed by atoms with Crippen molar-refractivity contribution in [2.24, 2.45) is 11.7 Å². The summed E-state index contributed by atoms with van der Waals surface area (Å²) in [6.07, 6.45) is 1.84. The quantitative estimate of drug-likeness (QED) is 0.364. The number of rotatable bonds is 5. The van der Waals surface area contributed by atoms with Gasteiger partial charge in [-0.15, -0.1) is 5.10 Å². The molecule has 3 aromatic rings. The molecule has 0 bridgehead atoms. The number of aryl methyl sites for hydroxylation is 2. The van der Waals surface area contributed by atoms with Crippen LogP contribution in [0.2, 0.25) is 0 Å². The van der Waals surface area contributed by atoms with Crippen LogP contribution < -0.4 is 26.9 Å². The highest BCUT2D eigenvalue weighted by molar-refractivity contribution is 5.91. The fourth-order valence-electron chi connectivity index (χ4n) is 2.76. The third kappa shape index (κ3) is 3.91. The fraction of sp³-hybridized carbons (Fsp3) is 0.158. The molecule has 0 fully saturated rings. The van der Waals surface area contributed by atoms with E-state index < -0.39 is 6.03 Å². The molecule has 0 saturated carbocycles. The molecule has 140 valence electrons. The van der Waals surface area contributed by atoms with E-state index in [0.29, 0.717) is 11.6 Å². The minimum atomic E-state index is -0.620. The smallest absolute Gasteiger partial charge is 0.350 e. The Kier molecular flexibility index (Phi) is 5.39. The Morgan fingerprint density at radius 3 is 2.63 bits per heavy atom. The molecule has 8 nitrogen and oxygen atoms in total. The van der Waals surface area contributed by atoms with Gasteiger partial charge >= 0.3 is 6.03 Å². The van der Waals surface area contributed by atoms with Crippen LogP contribution in [-0.2, 0) is 6.61 Å². The topological polar surface area (TPSA) is 111 Å². The van der Waals surface area contributed by atoms with E-state index in [2.05, 4.69) is 5.10 Å². The molecule has 3 rings (SSSR count). The number of nitrogens with zero attached hydrogens (tertiary/aromatic N) is 3. The number of anilines is 1. The highest BCUT2D eigenvalue weighted by Crippen LogP contribution is 2.24. The van der Waals surface area contributed by atoms with Crippen molar-refractivity contribution in [3.8, 4) is 11.6 Å². The number of urea groups is 1. The van der Waals surface area contributed by atoms with E-state index in [9.17, 15) is 4.79 Å². The molecule has 2 amide bonds. The first-order valence-electron chi connectivity index (χ1n) is 8.39. The lowest BCUT2D eigenvalue weighted by Crippen LogP contribution is -2.48. The molecule has 0 radical (unpaired) electrons. The summed E-state index contributed by atoms with van der Waals surface area (Å²) in [6, 6.07) is 14.6. The minimum absolute atomic E-state index is 0.207. The maximum atomic E-state index is 11.8. The summed E-state index contributed by atoms with van der Waals surface area (Å²) >= 11 is 0. The van der Waals surface area contributed by atoms with Gasteiger partial charge in [0.05, 0.1) is 11.4 Å². The van der Waals surface area contributed by atoms with Crippen LogP contribution in [0, 0.1) is 13.8 Å². The van der Waals surface area contributed by atoms with Gasteiger partial charge in [0.25, 0.3) is 0 Å². The monoisotopic (exact) mass is 366 g/mol. The molecule has 0 spiro atoms. The van der Waals surface area contributed by atoms with Gasteiger partial charge in [-0.2, -0.15) is 0 Å². The lowest BCUT2D eigenvalue weighted by Gasteiger charge is -2.20. The summed E-state index contributed by atoms with van der Waals surface area (Å²) in [5.74, 6) is 11.5. The molecule has 0 unspecified atom stereocenters. The van der Waals surface area contributed by atoms with Crippen LogP contribution in [0.25, 0.3) is 5.69 Å².